The third-order valence-corrected chi connectivity index (χ3v) is 13.9. The van der Waals surface area contributed by atoms with Crippen LogP contribution in [-0.2, 0) is 0 Å². The van der Waals surface area contributed by atoms with Crippen LogP contribution in [0.5, 0.6) is 0 Å². The first-order valence-corrected chi connectivity index (χ1v) is 18.5. The van der Waals surface area contributed by atoms with Crippen molar-refractivity contribution in [2.24, 2.45) is 0 Å². The highest BCUT2D eigenvalue weighted by molar-refractivity contribution is 7.17. The second-order valence-corrected chi connectivity index (χ2v) is 16.1. The van der Waals surface area contributed by atoms with Gasteiger partial charge in [0.15, 0.2) is 0 Å². The van der Waals surface area contributed by atoms with Crippen molar-refractivity contribution in [2.75, 3.05) is 0 Å². The van der Waals surface area contributed by atoms with Gasteiger partial charge in [0.05, 0.1) is 1.37 Å². The van der Waals surface area contributed by atoms with Crippen LogP contribution in [0.2, 0.25) is 0 Å². The first kappa shape index (κ1) is 26.7. The first-order valence-electron chi connectivity index (χ1n) is 17.0. The minimum Gasteiger partial charge on any atom is -0.456 e. The highest BCUT2D eigenvalue weighted by atomic mass is 28.3. The topological polar surface area (TPSA) is 26.3 Å². The van der Waals surface area contributed by atoms with E-state index in [1.54, 1.807) is 0 Å². The maximum atomic E-state index is 9.09. The number of para-hydroxylation sites is 2. The van der Waals surface area contributed by atoms with Crippen LogP contribution in [0.4, 0.5) is 0 Å². The molecule has 10 aromatic rings. The number of rotatable bonds is 3. The van der Waals surface area contributed by atoms with Crippen LogP contribution in [-0.4, -0.2) is 8.07 Å². The van der Waals surface area contributed by atoms with Crippen LogP contribution in [0.3, 0.4) is 0 Å². The van der Waals surface area contributed by atoms with Crippen LogP contribution < -0.4 is 15.6 Å². The monoisotopic (exact) mass is 641 g/mol. The molecular weight excluding hydrogens is 613 g/mol. The smallest absolute Gasteiger partial charge is 0.230 e. The fourth-order valence-corrected chi connectivity index (χ4v) is 11.4. The Bertz CT molecular complexity index is 2840. The zero-order valence-electron chi connectivity index (χ0n) is 27.4. The van der Waals surface area contributed by atoms with E-state index >= 15 is 0 Å². The van der Waals surface area contributed by atoms with E-state index in [0.29, 0.717) is 6.04 Å². The molecule has 0 atom stereocenters. The number of hydrogen-bond acceptors (Lipinski definition) is 2. The second-order valence-electron chi connectivity index (χ2n) is 12.6. The summed E-state index contributed by atoms with van der Waals surface area (Å²) < 4.78 is 21.7. The molecule has 0 aliphatic rings. The Morgan fingerprint density at radius 3 is 1.41 bits per heavy atom. The minimum atomic E-state index is -3.14. The molecule has 0 N–H and O–H groups in total. The Kier molecular flexibility index (Phi) is 5.91. The molecule has 0 unspecified atom stereocenters. The quantitative estimate of drug-likeness (QED) is 0.0831. The predicted molar refractivity (Wildman–Crippen MR) is 207 cm³/mol. The molecule has 0 amide bonds. The van der Waals surface area contributed by atoms with Crippen molar-refractivity contribution in [1.82, 2.24) is 0 Å². The lowest BCUT2D eigenvalue weighted by Crippen LogP contribution is -2.66. The maximum Gasteiger partial charge on any atom is 0.230 e. The fraction of sp³-hybridized carbons (Fsp3) is 0. The third kappa shape index (κ3) is 4.28. The average Bonchev–Trinajstić information content (AvgIpc) is 3.74. The number of furan rings is 2. The number of hydrogen-bond donors (Lipinski definition) is 0. The molecule has 2 nitrogen and oxygen atoms in total. The Labute approximate surface area is 285 Å². The normalized spacial score (nSPS) is 12.2. The summed E-state index contributed by atoms with van der Waals surface area (Å²) in [5.74, 6) is 3.83. The van der Waals surface area contributed by atoms with Crippen molar-refractivity contribution in [3.63, 3.8) is 0 Å². The summed E-state index contributed by atoms with van der Waals surface area (Å²) in [5, 5.41) is 11.7. The summed E-state index contributed by atoms with van der Waals surface area (Å²) in [4.78, 5) is 0. The van der Waals surface area contributed by atoms with Gasteiger partial charge in [-0.3, -0.25) is 0 Å². The molecule has 228 valence electrons. The van der Waals surface area contributed by atoms with Gasteiger partial charge >= 0.3 is 0 Å². The van der Waals surface area contributed by atoms with Gasteiger partial charge in [0.1, 0.15) is 22.3 Å². The summed E-state index contributed by atoms with van der Waals surface area (Å²) in [6, 6.07) is 57.5. The SMILES string of the molecule is [2H]c1c2ccccc2c(C#C[Si](c2ccccc2)(c2ccc3oc4ccccc4c3c2)c2ccc3oc4ccccc4c3c2)c2ccccc12. The van der Waals surface area contributed by atoms with E-state index in [0.717, 1.165) is 71.0 Å². The van der Waals surface area contributed by atoms with Crippen LogP contribution >= 0.6 is 0 Å². The van der Waals surface area contributed by atoms with E-state index in [4.69, 9.17) is 10.2 Å². The molecule has 2 heterocycles. The standard InChI is InChI=1S/C46H28O2Si/c1-2-14-33(15-3-1)49(34-22-24-45-41(29-34)39-18-8-10-20-43(39)47-45,35-23-25-46-42(30-35)40-19-9-11-21-44(40)48-46)27-26-38-36-16-6-4-12-31(36)28-32-13-5-7-17-37(32)38/h1-25,28-30H/i28D. The summed E-state index contributed by atoms with van der Waals surface area (Å²) in [6.07, 6.45) is 0. The lowest BCUT2D eigenvalue weighted by atomic mass is 9.97. The molecule has 0 fully saturated rings. The third-order valence-electron chi connectivity index (χ3n) is 9.86. The van der Waals surface area contributed by atoms with E-state index in [1.165, 1.54) is 15.6 Å². The van der Waals surface area contributed by atoms with Crippen molar-refractivity contribution in [1.29, 1.82) is 0 Å². The molecule has 0 aliphatic carbocycles. The van der Waals surface area contributed by atoms with Gasteiger partial charge in [0, 0.05) is 27.1 Å². The first-order chi connectivity index (χ1) is 24.7. The molecule has 0 saturated carbocycles. The number of benzene rings is 8. The average molecular weight is 642 g/mol. The van der Waals surface area contributed by atoms with E-state index < -0.39 is 8.07 Å². The lowest BCUT2D eigenvalue weighted by molar-refractivity contribution is 0.668. The van der Waals surface area contributed by atoms with Crippen molar-refractivity contribution in [3.05, 3.63) is 175 Å². The molecule has 10 rings (SSSR count). The van der Waals surface area contributed by atoms with Gasteiger partial charge in [-0.05, 0) is 79.5 Å². The molecule has 0 spiro atoms. The zero-order valence-corrected chi connectivity index (χ0v) is 27.4. The van der Waals surface area contributed by atoms with Gasteiger partial charge in [-0.2, -0.15) is 0 Å². The summed E-state index contributed by atoms with van der Waals surface area (Å²) in [7, 11) is -3.14. The van der Waals surface area contributed by atoms with Crippen molar-refractivity contribution in [3.8, 4) is 11.5 Å². The Morgan fingerprint density at radius 2 is 0.857 bits per heavy atom. The summed E-state index contributed by atoms with van der Waals surface area (Å²) >= 11 is 0. The van der Waals surface area contributed by atoms with Gasteiger partial charge in [0.2, 0.25) is 8.07 Å². The Hall–Kier alpha value is -6.34. The van der Waals surface area contributed by atoms with E-state index in [1.807, 2.05) is 60.7 Å². The van der Waals surface area contributed by atoms with Gasteiger partial charge in [-0.1, -0.05) is 133 Å². The van der Waals surface area contributed by atoms with Gasteiger partial charge in [0.25, 0.3) is 0 Å². The molecule has 3 heteroatoms. The summed E-state index contributed by atoms with van der Waals surface area (Å²) in [5.41, 5.74) is 8.49. The van der Waals surface area contributed by atoms with E-state index in [9.17, 15) is 0 Å². The van der Waals surface area contributed by atoms with Crippen LogP contribution in [0.1, 0.15) is 6.93 Å². The molecule has 0 aliphatic heterocycles. The van der Waals surface area contributed by atoms with Crippen LogP contribution in [0, 0.1) is 11.5 Å². The highest BCUT2D eigenvalue weighted by Gasteiger charge is 2.39. The predicted octanol–water partition coefficient (Wildman–Crippen LogP) is 9.85. The molecule has 49 heavy (non-hydrogen) atoms. The zero-order chi connectivity index (χ0) is 33.2. The Morgan fingerprint density at radius 1 is 0.408 bits per heavy atom. The Balaban J connectivity index is 1.36. The fourth-order valence-electron chi connectivity index (χ4n) is 7.52. The second kappa shape index (κ2) is 10.9. The van der Waals surface area contributed by atoms with Crippen molar-refractivity contribution in [2.45, 2.75) is 0 Å². The van der Waals surface area contributed by atoms with Crippen LogP contribution in [0.15, 0.2) is 179 Å². The van der Waals surface area contributed by atoms with Gasteiger partial charge in [-0.15, -0.1) is 5.54 Å². The van der Waals surface area contributed by atoms with E-state index in [2.05, 4.69) is 115 Å². The molecule has 0 saturated heterocycles. The molecule has 0 bridgehead atoms. The van der Waals surface area contributed by atoms with E-state index in [-0.39, 0.29) is 0 Å². The molecule has 2 aromatic heterocycles. The van der Waals surface area contributed by atoms with Crippen molar-refractivity contribution < 1.29 is 10.2 Å². The summed E-state index contributed by atoms with van der Waals surface area (Å²) in [6.45, 7) is 0. The minimum absolute atomic E-state index is 0.530. The molecule has 0 radical (unpaired) electrons. The number of fused-ring (bicyclic) bond motifs is 8. The largest absolute Gasteiger partial charge is 0.456 e. The lowest BCUT2D eigenvalue weighted by Gasteiger charge is -2.28. The maximum absolute atomic E-state index is 9.09. The molecular formula is C46H28O2Si. The molecule has 8 aromatic carbocycles. The van der Waals surface area contributed by atoms with Gasteiger partial charge < -0.3 is 8.83 Å². The van der Waals surface area contributed by atoms with Crippen molar-refractivity contribution >= 4 is 89.1 Å². The van der Waals surface area contributed by atoms with Crippen LogP contribution in [0.25, 0.3) is 65.4 Å². The highest BCUT2D eigenvalue weighted by Crippen LogP contribution is 2.31. The van der Waals surface area contributed by atoms with Gasteiger partial charge in [-0.25, -0.2) is 0 Å².